The van der Waals surface area contributed by atoms with E-state index in [0.29, 0.717) is 60.6 Å². The van der Waals surface area contributed by atoms with Crippen LogP contribution >= 0.6 is 0 Å². The van der Waals surface area contributed by atoms with Gasteiger partial charge in [0, 0.05) is 26.5 Å². The van der Waals surface area contributed by atoms with E-state index in [1.165, 1.54) is 4.90 Å². The molecule has 0 aliphatic carbocycles. The minimum Gasteiger partial charge on any atom is -0.505 e. The van der Waals surface area contributed by atoms with Crippen LogP contribution in [0.4, 0.5) is 0 Å². The number of ketones is 1. The minimum absolute atomic E-state index is 0.00232. The Kier molecular flexibility index (Phi) is 9.14. The molecule has 1 aromatic carbocycles. The van der Waals surface area contributed by atoms with Gasteiger partial charge in [0.25, 0.3) is 11.7 Å². The molecule has 0 bridgehead atoms. The zero-order chi connectivity index (χ0) is 29.0. The molecule has 1 atom stereocenters. The second-order valence-corrected chi connectivity index (χ2v) is 10.4. The van der Waals surface area contributed by atoms with Crippen molar-refractivity contribution in [2.24, 2.45) is 5.92 Å². The molecule has 3 aromatic rings. The van der Waals surface area contributed by atoms with E-state index in [2.05, 4.69) is 18.8 Å². The Bertz CT molecular complexity index is 1420. The standard InChI is InChI=1S/C31H39N3O6/c1-7-39-24-18-22(11-12-23(24)40-17-13-19(2)3)27-25(29(36)31(37)34(27)15-9-16-38-6)28(35)26-21(5)33-14-8-10-20(4)30(33)32-26/h8,10-12,14,18-19,27,35H,7,9,13,15-17H2,1-6H3. The van der Waals surface area contributed by atoms with Gasteiger partial charge in [-0.15, -0.1) is 0 Å². The number of fused-ring (bicyclic) bond motifs is 1. The van der Waals surface area contributed by atoms with Crippen LogP contribution in [0.1, 0.15) is 62.2 Å². The summed E-state index contributed by atoms with van der Waals surface area (Å²) < 4.78 is 19.0. The lowest BCUT2D eigenvalue weighted by atomic mass is 9.96. The molecule has 1 aliphatic heterocycles. The molecule has 1 amide bonds. The molecule has 40 heavy (non-hydrogen) atoms. The number of imidazole rings is 1. The average molecular weight is 550 g/mol. The number of aliphatic hydroxyl groups is 1. The van der Waals surface area contributed by atoms with Crippen LogP contribution in [0.2, 0.25) is 0 Å². The Morgan fingerprint density at radius 1 is 1.10 bits per heavy atom. The number of hydrogen-bond acceptors (Lipinski definition) is 7. The van der Waals surface area contributed by atoms with Crippen LogP contribution in [0.25, 0.3) is 11.4 Å². The van der Waals surface area contributed by atoms with Gasteiger partial charge in [0.2, 0.25) is 0 Å². The topological polar surface area (TPSA) is 103 Å². The van der Waals surface area contributed by atoms with Crippen molar-refractivity contribution < 1.29 is 28.9 Å². The van der Waals surface area contributed by atoms with Crippen molar-refractivity contribution >= 4 is 23.1 Å². The first-order valence-corrected chi connectivity index (χ1v) is 13.8. The van der Waals surface area contributed by atoms with Gasteiger partial charge in [0.1, 0.15) is 11.3 Å². The second kappa shape index (κ2) is 12.6. The highest BCUT2D eigenvalue weighted by molar-refractivity contribution is 6.46. The molecule has 2 aromatic heterocycles. The summed E-state index contributed by atoms with van der Waals surface area (Å²) in [7, 11) is 1.59. The van der Waals surface area contributed by atoms with Gasteiger partial charge < -0.3 is 28.6 Å². The maximum atomic E-state index is 13.5. The predicted octanol–water partition coefficient (Wildman–Crippen LogP) is 5.23. The normalized spacial score (nSPS) is 16.9. The molecule has 0 spiro atoms. The van der Waals surface area contributed by atoms with Crippen LogP contribution < -0.4 is 9.47 Å². The highest BCUT2D eigenvalue weighted by atomic mass is 16.5. The third-order valence-electron chi connectivity index (χ3n) is 7.13. The van der Waals surface area contributed by atoms with E-state index in [4.69, 9.17) is 14.2 Å². The number of methoxy groups -OCH3 is 1. The Morgan fingerprint density at radius 3 is 2.55 bits per heavy atom. The van der Waals surface area contributed by atoms with E-state index >= 15 is 0 Å². The van der Waals surface area contributed by atoms with E-state index < -0.39 is 17.7 Å². The van der Waals surface area contributed by atoms with Crippen LogP contribution in [-0.4, -0.2) is 64.6 Å². The van der Waals surface area contributed by atoms with E-state index in [9.17, 15) is 14.7 Å². The highest BCUT2D eigenvalue weighted by Gasteiger charge is 2.46. The quantitative estimate of drug-likeness (QED) is 0.143. The van der Waals surface area contributed by atoms with Crippen molar-refractivity contribution in [2.45, 2.75) is 53.5 Å². The van der Waals surface area contributed by atoms with E-state index in [1.807, 2.05) is 49.6 Å². The smallest absolute Gasteiger partial charge is 0.295 e. The van der Waals surface area contributed by atoms with Gasteiger partial charge in [-0.3, -0.25) is 9.59 Å². The molecule has 0 saturated carbocycles. The summed E-state index contributed by atoms with van der Waals surface area (Å²) in [5.74, 6) is -0.110. The lowest BCUT2D eigenvalue weighted by Crippen LogP contribution is -2.31. The summed E-state index contributed by atoms with van der Waals surface area (Å²) in [5.41, 5.74) is 3.18. The van der Waals surface area contributed by atoms with Gasteiger partial charge >= 0.3 is 0 Å². The van der Waals surface area contributed by atoms with Crippen molar-refractivity contribution in [2.75, 3.05) is 33.5 Å². The monoisotopic (exact) mass is 549 g/mol. The molecule has 1 aliphatic rings. The third kappa shape index (κ3) is 5.70. The van der Waals surface area contributed by atoms with E-state index in [-0.39, 0.29) is 23.6 Å². The number of hydrogen-bond donors (Lipinski definition) is 1. The molecular formula is C31H39N3O6. The van der Waals surface area contributed by atoms with Crippen LogP contribution in [0, 0.1) is 19.8 Å². The fraction of sp³-hybridized carbons (Fsp3) is 0.452. The molecule has 9 nitrogen and oxygen atoms in total. The van der Waals surface area contributed by atoms with Crippen LogP contribution in [-0.2, 0) is 14.3 Å². The van der Waals surface area contributed by atoms with Gasteiger partial charge in [-0.1, -0.05) is 26.0 Å². The number of carbonyl (C=O) groups is 2. The highest BCUT2D eigenvalue weighted by Crippen LogP contribution is 2.42. The molecule has 214 valence electrons. The molecule has 9 heteroatoms. The maximum absolute atomic E-state index is 13.5. The predicted molar refractivity (Wildman–Crippen MR) is 153 cm³/mol. The molecule has 1 fully saturated rings. The van der Waals surface area contributed by atoms with Gasteiger partial charge in [0.15, 0.2) is 17.3 Å². The molecule has 1 N–H and O–H groups in total. The number of rotatable bonds is 12. The van der Waals surface area contributed by atoms with Crippen molar-refractivity contribution in [3.05, 3.63) is 64.6 Å². The first-order chi connectivity index (χ1) is 19.2. The molecule has 1 saturated heterocycles. The second-order valence-electron chi connectivity index (χ2n) is 10.4. The summed E-state index contributed by atoms with van der Waals surface area (Å²) in [5, 5.41) is 11.6. The van der Waals surface area contributed by atoms with Gasteiger partial charge in [-0.05, 0) is 68.9 Å². The molecular weight excluding hydrogens is 510 g/mol. The van der Waals surface area contributed by atoms with Crippen molar-refractivity contribution in [1.29, 1.82) is 0 Å². The Hall–Kier alpha value is -3.85. The molecule has 3 heterocycles. The van der Waals surface area contributed by atoms with Crippen LogP contribution in [0.15, 0.2) is 42.1 Å². The summed E-state index contributed by atoms with van der Waals surface area (Å²) in [6, 6.07) is 8.42. The molecule has 1 unspecified atom stereocenters. The van der Waals surface area contributed by atoms with Gasteiger partial charge in [0.05, 0.1) is 30.5 Å². The Labute approximate surface area is 235 Å². The average Bonchev–Trinajstić information content (AvgIpc) is 3.39. The summed E-state index contributed by atoms with van der Waals surface area (Å²) in [6.45, 7) is 11.6. The number of ether oxygens (including phenoxy) is 3. The zero-order valence-electron chi connectivity index (χ0n) is 24.2. The largest absolute Gasteiger partial charge is 0.505 e. The van der Waals surface area contributed by atoms with E-state index in [1.54, 1.807) is 19.2 Å². The minimum atomic E-state index is -0.828. The number of Topliss-reactive ketones (excluding diaryl/α,β-unsaturated/α-hetero) is 1. The lowest BCUT2D eigenvalue weighted by molar-refractivity contribution is -0.140. The molecule has 0 radical (unpaired) electrons. The summed E-state index contributed by atoms with van der Waals surface area (Å²) in [4.78, 5) is 33.0. The van der Waals surface area contributed by atoms with Gasteiger partial charge in [-0.25, -0.2) is 4.98 Å². The number of benzene rings is 1. The number of nitrogens with zero attached hydrogens (tertiary/aromatic N) is 3. The maximum Gasteiger partial charge on any atom is 0.295 e. The summed E-state index contributed by atoms with van der Waals surface area (Å²) >= 11 is 0. The number of aliphatic hydroxyl groups excluding tert-OH is 1. The van der Waals surface area contributed by atoms with Crippen LogP contribution in [0.3, 0.4) is 0 Å². The van der Waals surface area contributed by atoms with Crippen molar-refractivity contribution in [1.82, 2.24) is 14.3 Å². The van der Waals surface area contributed by atoms with Crippen molar-refractivity contribution in [3.63, 3.8) is 0 Å². The van der Waals surface area contributed by atoms with E-state index in [0.717, 1.165) is 12.0 Å². The van der Waals surface area contributed by atoms with Crippen molar-refractivity contribution in [3.8, 4) is 11.5 Å². The number of likely N-dealkylation sites (tertiary alicyclic amines) is 1. The third-order valence-corrected chi connectivity index (χ3v) is 7.13. The number of aromatic nitrogens is 2. The Morgan fingerprint density at radius 2 is 1.88 bits per heavy atom. The zero-order valence-corrected chi connectivity index (χ0v) is 24.2. The SMILES string of the molecule is CCOc1cc(C2C(=C(O)c3nc4c(C)cccn4c3C)C(=O)C(=O)N2CCCOC)ccc1OCCC(C)C. The first-order valence-electron chi connectivity index (χ1n) is 13.8. The van der Waals surface area contributed by atoms with Crippen LogP contribution in [0.5, 0.6) is 11.5 Å². The fourth-order valence-corrected chi connectivity index (χ4v) is 5.00. The number of carbonyl (C=O) groups excluding carboxylic acids is 2. The van der Waals surface area contributed by atoms with Gasteiger partial charge in [-0.2, -0.15) is 0 Å². The lowest BCUT2D eigenvalue weighted by Gasteiger charge is -2.26. The number of amides is 1. The summed E-state index contributed by atoms with van der Waals surface area (Å²) in [6.07, 6.45) is 3.28. The Balaban J connectivity index is 1.84. The first kappa shape index (κ1) is 29.1. The molecule has 4 rings (SSSR count). The fourth-order valence-electron chi connectivity index (χ4n) is 5.00. The number of pyridine rings is 1. The number of aryl methyl sites for hydroxylation is 2.